The van der Waals surface area contributed by atoms with Gasteiger partial charge in [-0.2, -0.15) is 0 Å². The van der Waals surface area contributed by atoms with Crippen LogP contribution in [0, 0.1) is 45.3 Å². The van der Waals surface area contributed by atoms with Gasteiger partial charge in [0.05, 0.1) is 11.5 Å². The lowest BCUT2D eigenvalue weighted by molar-refractivity contribution is -0.188. The predicted molar refractivity (Wildman–Crippen MR) is 142 cm³/mol. The van der Waals surface area contributed by atoms with Crippen molar-refractivity contribution in [1.29, 1.82) is 0 Å². The van der Waals surface area contributed by atoms with Gasteiger partial charge >= 0.3 is 11.9 Å². The van der Waals surface area contributed by atoms with Gasteiger partial charge in [0.15, 0.2) is 5.78 Å². The van der Waals surface area contributed by atoms with E-state index in [1.807, 2.05) is 0 Å². The summed E-state index contributed by atoms with van der Waals surface area (Å²) >= 11 is 0. The monoisotopic (exact) mass is 524 g/mol. The van der Waals surface area contributed by atoms with Gasteiger partial charge in [0.25, 0.3) is 0 Å². The molecule has 4 aliphatic carbocycles. The molecule has 2 saturated carbocycles. The number of epoxide rings is 1. The molecule has 2 heterocycles. The lowest BCUT2D eigenvalue weighted by Crippen LogP contribution is -2.64. The number of cyclic esters (lactones) is 1. The highest BCUT2D eigenvalue weighted by atomic mass is 16.6. The maximum atomic E-state index is 13.2. The summed E-state index contributed by atoms with van der Waals surface area (Å²) in [6.07, 6.45) is 9.99. The highest BCUT2D eigenvalue weighted by Gasteiger charge is 2.69. The van der Waals surface area contributed by atoms with Crippen molar-refractivity contribution in [1.82, 2.24) is 0 Å². The predicted octanol–water partition coefficient (Wildman–Crippen LogP) is 5.59. The van der Waals surface area contributed by atoms with E-state index in [1.54, 1.807) is 6.08 Å². The van der Waals surface area contributed by atoms with Crippen LogP contribution in [0.3, 0.4) is 0 Å². The summed E-state index contributed by atoms with van der Waals surface area (Å²) in [4.78, 5) is 38.7. The van der Waals surface area contributed by atoms with Crippen molar-refractivity contribution < 1.29 is 28.6 Å². The zero-order chi connectivity index (χ0) is 27.6. The van der Waals surface area contributed by atoms with E-state index in [0.717, 1.165) is 19.3 Å². The van der Waals surface area contributed by atoms with Crippen LogP contribution in [0.5, 0.6) is 0 Å². The number of carbonyl (C=O) groups excluding carboxylic acids is 3. The van der Waals surface area contributed by atoms with Crippen molar-refractivity contribution in [3.8, 4) is 0 Å². The van der Waals surface area contributed by atoms with Gasteiger partial charge in [0, 0.05) is 24.2 Å². The van der Waals surface area contributed by atoms with Crippen molar-refractivity contribution >= 4 is 17.7 Å². The lowest BCUT2D eigenvalue weighted by atomic mass is 9.38. The molecule has 0 aromatic heterocycles. The topological polar surface area (TPSA) is 82.2 Å². The van der Waals surface area contributed by atoms with Crippen LogP contribution in [0.1, 0.15) is 87.5 Å². The van der Waals surface area contributed by atoms with Crippen LogP contribution in [0.15, 0.2) is 23.8 Å². The molecule has 2 aliphatic heterocycles. The first-order valence-electron chi connectivity index (χ1n) is 14.6. The summed E-state index contributed by atoms with van der Waals surface area (Å²) in [5.74, 6) is 0.126. The molecule has 0 N–H and O–H groups in total. The molecule has 0 radical (unpaired) electrons. The molecule has 6 rings (SSSR count). The van der Waals surface area contributed by atoms with Crippen molar-refractivity contribution in [2.45, 2.75) is 111 Å². The number of fused-ring (bicyclic) bond motifs is 5. The van der Waals surface area contributed by atoms with Crippen LogP contribution in [-0.4, -0.2) is 41.6 Å². The van der Waals surface area contributed by atoms with E-state index in [2.05, 4.69) is 60.6 Å². The SMILES string of the molecule is CC(=O)O[C@@H]1C[C@H]2C(C)(C)C(=O)C=C[C@]2(C)[C@H]2CC[C@]3(C)C(=CC[C@H]3[C@@H]3C[C@H]([C@@H]4OC4(C)C)OC3=O)[C@@]21C. The van der Waals surface area contributed by atoms with Gasteiger partial charge in [-0.1, -0.05) is 52.3 Å². The van der Waals surface area contributed by atoms with Gasteiger partial charge in [0.2, 0.25) is 0 Å². The first-order valence-corrected chi connectivity index (χ1v) is 14.6. The van der Waals surface area contributed by atoms with Gasteiger partial charge in [-0.05, 0) is 74.2 Å². The highest BCUT2D eigenvalue weighted by molar-refractivity contribution is 5.95. The third kappa shape index (κ3) is 3.31. The van der Waals surface area contributed by atoms with Crippen molar-refractivity contribution in [2.24, 2.45) is 45.3 Å². The minimum Gasteiger partial charge on any atom is -0.462 e. The van der Waals surface area contributed by atoms with E-state index in [-0.39, 0.29) is 81.6 Å². The Morgan fingerprint density at radius 2 is 1.71 bits per heavy atom. The zero-order valence-electron chi connectivity index (χ0n) is 24.3. The number of allylic oxidation sites excluding steroid dienone is 3. The normalized spacial score (nSPS) is 49.9. The fourth-order valence-electron chi connectivity index (χ4n) is 10.2. The van der Waals surface area contributed by atoms with E-state index < -0.39 is 5.41 Å². The van der Waals surface area contributed by atoms with Crippen LogP contribution in [0.4, 0.5) is 0 Å². The summed E-state index contributed by atoms with van der Waals surface area (Å²) in [7, 11) is 0. The third-order valence-corrected chi connectivity index (χ3v) is 12.2. The average Bonchev–Trinajstić information content (AvgIpc) is 3.10. The zero-order valence-corrected chi connectivity index (χ0v) is 24.3. The molecule has 6 nitrogen and oxygen atoms in total. The Hall–Kier alpha value is -1.95. The van der Waals surface area contributed by atoms with E-state index >= 15 is 0 Å². The van der Waals surface area contributed by atoms with E-state index in [4.69, 9.17) is 14.2 Å². The first-order chi connectivity index (χ1) is 17.6. The molecular weight excluding hydrogens is 480 g/mol. The molecule has 0 spiro atoms. The third-order valence-electron chi connectivity index (χ3n) is 12.2. The number of hydrogen-bond donors (Lipinski definition) is 0. The maximum Gasteiger partial charge on any atom is 0.309 e. The van der Waals surface area contributed by atoms with Crippen LogP contribution in [-0.2, 0) is 28.6 Å². The van der Waals surface area contributed by atoms with Crippen molar-refractivity contribution in [2.75, 3.05) is 0 Å². The summed E-state index contributed by atoms with van der Waals surface area (Å²) in [5, 5.41) is 0. The number of ketones is 1. The second-order valence-corrected chi connectivity index (χ2v) is 14.9. The van der Waals surface area contributed by atoms with Gasteiger partial charge < -0.3 is 14.2 Å². The van der Waals surface area contributed by atoms with Gasteiger partial charge in [-0.3, -0.25) is 14.4 Å². The molecule has 6 heteroatoms. The standard InChI is InChI=1S/C32H44O6/c1-17(33)36-25-16-23-28(2,3)24(34)12-14-31(23,7)22-11-13-30(6)19(9-10-21(30)32(22,25)8)18-15-20(37-27(18)35)26-29(4,5)38-26/h10,12,14,18-20,22-23,25-26H,9,11,13,15-16H2,1-8H3/t18-,19-,20+,22+,23-,25+,26-,30-,31+,32-/m0/s1. The number of ether oxygens (including phenoxy) is 3. The van der Waals surface area contributed by atoms with Gasteiger partial charge in [0.1, 0.15) is 18.3 Å². The van der Waals surface area contributed by atoms with Crippen LogP contribution in [0.25, 0.3) is 0 Å². The van der Waals surface area contributed by atoms with E-state index in [9.17, 15) is 14.4 Å². The van der Waals surface area contributed by atoms with Crippen molar-refractivity contribution in [3.63, 3.8) is 0 Å². The Morgan fingerprint density at radius 1 is 1.03 bits per heavy atom. The van der Waals surface area contributed by atoms with Crippen LogP contribution < -0.4 is 0 Å². The Kier molecular flexibility index (Phi) is 5.41. The second-order valence-electron chi connectivity index (χ2n) is 14.9. The molecule has 10 atom stereocenters. The molecule has 0 aromatic carbocycles. The fraction of sp³-hybridized carbons (Fsp3) is 0.781. The molecule has 0 unspecified atom stereocenters. The minimum atomic E-state index is -0.516. The Morgan fingerprint density at radius 3 is 2.34 bits per heavy atom. The molecule has 38 heavy (non-hydrogen) atoms. The molecule has 0 bridgehead atoms. The quantitative estimate of drug-likeness (QED) is 0.272. The van der Waals surface area contributed by atoms with E-state index in [1.165, 1.54) is 12.5 Å². The summed E-state index contributed by atoms with van der Waals surface area (Å²) < 4.78 is 17.9. The number of rotatable bonds is 3. The molecule has 208 valence electrons. The second kappa shape index (κ2) is 7.83. The molecule has 0 aromatic rings. The van der Waals surface area contributed by atoms with Crippen molar-refractivity contribution in [3.05, 3.63) is 23.8 Å². The lowest BCUT2D eigenvalue weighted by Gasteiger charge is -2.66. The van der Waals surface area contributed by atoms with E-state index in [0.29, 0.717) is 12.8 Å². The summed E-state index contributed by atoms with van der Waals surface area (Å²) in [6, 6.07) is 0. The fourth-order valence-corrected chi connectivity index (χ4v) is 10.2. The number of carbonyl (C=O) groups is 3. The molecule has 6 aliphatic rings. The van der Waals surface area contributed by atoms with Crippen LogP contribution in [0.2, 0.25) is 0 Å². The maximum absolute atomic E-state index is 13.2. The summed E-state index contributed by atoms with van der Waals surface area (Å²) in [5.41, 5.74) is -0.118. The number of hydrogen-bond acceptors (Lipinski definition) is 6. The van der Waals surface area contributed by atoms with Gasteiger partial charge in [-0.15, -0.1) is 0 Å². The highest BCUT2D eigenvalue weighted by Crippen LogP contribution is 2.72. The Bertz CT molecular complexity index is 1160. The Labute approximate surface area is 226 Å². The Balaban J connectivity index is 1.36. The van der Waals surface area contributed by atoms with Crippen LogP contribution >= 0.6 is 0 Å². The molecule has 4 fully saturated rings. The largest absolute Gasteiger partial charge is 0.462 e. The smallest absolute Gasteiger partial charge is 0.309 e. The molecular formula is C32H44O6. The molecule has 0 amide bonds. The minimum absolute atomic E-state index is 0.0147. The molecule has 2 saturated heterocycles. The number of esters is 2. The summed E-state index contributed by atoms with van der Waals surface area (Å²) in [6.45, 7) is 16.7. The van der Waals surface area contributed by atoms with Gasteiger partial charge in [-0.25, -0.2) is 0 Å². The average molecular weight is 525 g/mol. The first kappa shape index (κ1) is 26.3.